The summed E-state index contributed by atoms with van der Waals surface area (Å²) in [6, 6.07) is 6.61. The van der Waals surface area contributed by atoms with Crippen molar-refractivity contribution in [1.29, 1.82) is 0 Å². The van der Waals surface area contributed by atoms with Crippen LogP contribution in [0.4, 0.5) is 5.69 Å². The van der Waals surface area contributed by atoms with E-state index in [2.05, 4.69) is 11.2 Å². The third kappa shape index (κ3) is 4.11. The molecule has 0 spiro atoms. The number of terminal acetylenes is 1. The number of nitrogens with zero attached hydrogens (tertiary/aromatic N) is 1. The molecule has 84 valence electrons. The molecule has 0 heterocycles. The molecule has 1 aromatic carbocycles. The predicted molar refractivity (Wildman–Crippen MR) is 63.1 cm³/mol. The molecule has 0 aliphatic heterocycles. The Kier molecular flexibility index (Phi) is 5.03. The molecule has 1 N–H and O–H groups in total. The van der Waals surface area contributed by atoms with Gasteiger partial charge >= 0.3 is 0 Å². The summed E-state index contributed by atoms with van der Waals surface area (Å²) in [5, 5.41) is 13.6. The molecule has 0 radical (unpaired) electrons. The molecule has 0 aliphatic rings. The van der Waals surface area contributed by atoms with E-state index in [9.17, 15) is 10.1 Å². The van der Waals surface area contributed by atoms with Crippen molar-refractivity contribution in [3.05, 3.63) is 39.9 Å². The Morgan fingerprint density at radius 2 is 2.00 bits per heavy atom. The standard InChI is InChI=1S/C12H14N2O2/c1-2-3-9-13-10-8-11-4-6-12(7-5-11)14(15)16/h1,4-7,13H,3,8-10H2. The molecule has 0 saturated carbocycles. The number of rotatable bonds is 6. The highest BCUT2D eigenvalue weighted by Gasteiger charge is 2.03. The van der Waals surface area contributed by atoms with E-state index in [-0.39, 0.29) is 5.69 Å². The monoisotopic (exact) mass is 218 g/mol. The SMILES string of the molecule is C#CCCNCCc1ccc([N+](=O)[O-])cc1. The van der Waals surface area contributed by atoms with Gasteiger partial charge in [-0.2, -0.15) is 0 Å². The highest BCUT2D eigenvalue weighted by Crippen LogP contribution is 2.11. The molecular weight excluding hydrogens is 204 g/mol. The van der Waals surface area contributed by atoms with Gasteiger partial charge in [0, 0.05) is 25.1 Å². The molecule has 0 atom stereocenters. The fourth-order valence-corrected chi connectivity index (χ4v) is 1.30. The van der Waals surface area contributed by atoms with Gasteiger partial charge in [0.25, 0.3) is 5.69 Å². The second-order valence-corrected chi connectivity index (χ2v) is 3.38. The number of benzene rings is 1. The lowest BCUT2D eigenvalue weighted by Crippen LogP contribution is -2.18. The molecule has 4 heteroatoms. The van der Waals surface area contributed by atoms with Crippen LogP contribution in [0, 0.1) is 22.5 Å². The zero-order valence-corrected chi connectivity index (χ0v) is 8.98. The van der Waals surface area contributed by atoms with Crippen LogP contribution in [0.25, 0.3) is 0 Å². The van der Waals surface area contributed by atoms with Gasteiger partial charge < -0.3 is 5.32 Å². The van der Waals surface area contributed by atoms with Crippen molar-refractivity contribution >= 4 is 5.69 Å². The number of hydrogen-bond acceptors (Lipinski definition) is 3. The third-order valence-electron chi connectivity index (χ3n) is 2.18. The summed E-state index contributed by atoms with van der Waals surface area (Å²) in [6.07, 6.45) is 6.69. The smallest absolute Gasteiger partial charge is 0.269 e. The van der Waals surface area contributed by atoms with Crippen LogP contribution in [0.2, 0.25) is 0 Å². The van der Waals surface area contributed by atoms with Crippen molar-refractivity contribution in [2.75, 3.05) is 13.1 Å². The molecular formula is C12H14N2O2. The predicted octanol–water partition coefficient (Wildman–Crippen LogP) is 1.75. The van der Waals surface area contributed by atoms with Gasteiger partial charge in [-0.3, -0.25) is 10.1 Å². The van der Waals surface area contributed by atoms with E-state index in [1.807, 2.05) is 0 Å². The van der Waals surface area contributed by atoms with E-state index in [1.165, 1.54) is 12.1 Å². The van der Waals surface area contributed by atoms with Crippen LogP contribution in [0.1, 0.15) is 12.0 Å². The zero-order chi connectivity index (χ0) is 11.8. The van der Waals surface area contributed by atoms with Crippen molar-refractivity contribution in [1.82, 2.24) is 5.32 Å². The average molecular weight is 218 g/mol. The fraction of sp³-hybridized carbons (Fsp3) is 0.333. The van der Waals surface area contributed by atoms with Crippen LogP contribution < -0.4 is 5.32 Å². The summed E-state index contributed by atoms with van der Waals surface area (Å²) in [7, 11) is 0. The Bertz CT molecular complexity index is 379. The molecule has 16 heavy (non-hydrogen) atoms. The first kappa shape index (κ1) is 12.2. The number of hydrogen-bond donors (Lipinski definition) is 1. The Labute approximate surface area is 94.8 Å². The summed E-state index contributed by atoms with van der Waals surface area (Å²) >= 11 is 0. The number of non-ortho nitro benzene ring substituents is 1. The minimum atomic E-state index is -0.394. The normalized spacial score (nSPS) is 9.69. The van der Waals surface area contributed by atoms with Gasteiger partial charge in [0.2, 0.25) is 0 Å². The van der Waals surface area contributed by atoms with Crippen molar-refractivity contribution in [2.24, 2.45) is 0 Å². The van der Waals surface area contributed by atoms with Gasteiger partial charge in [0.15, 0.2) is 0 Å². The van der Waals surface area contributed by atoms with E-state index in [0.29, 0.717) is 0 Å². The number of nitrogens with one attached hydrogen (secondary N) is 1. The van der Waals surface area contributed by atoms with Crippen LogP contribution in [-0.4, -0.2) is 18.0 Å². The van der Waals surface area contributed by atoms with E-state index in [0.717, 1.165) is 31.5 Å². The molecule has 0 aliphatic carbocycles. The summed E-state index contributed by atoms with van der Waals surface area (Å²) in [5.41, 5.74) is 1.21. The Balaban J connectivity index is 2.33. The van der Waals surface area contributed by atoms with E-state index >= 15 is 0 Å². The summed E-state index contributed by atoms with van der Waals surface area (Å²) in [5.74, 6) is 2.55. The van der Waals surface area contributed by atoms with Gasteiger partial charge in [-0.1, -0.05) is 12.1 Å². The van der Waals surface area contributed by atoms with Gasteiger partial charge in [-0.15, -0.1) is 12.3 Å². The number of nitro benzene ring substituents is 1. The second kappa shape index (κ2) is 6.59. The second-order valence-electron chi connectivity index (χ2n) is 3.38. The highest BCUT2D eigenvalue weighted by molar-refractivity contribution is 5.32. The van der Waals surface area contributed by atoms with Crippen LogP contribution in [0.5, 0.6) is 0 Å². The van der Waals surface area contributed by atoms with Gasteiger partial charge in [-0.05, 0) is 18.5 Å². The Morgan fingerprint density at radius 3 is 2.56 bits per heavy atom. The Morgan fingerprint density at radius 1 is 1.31 bits per heavy atom. The van der Waals surface area contributed by atoms with Gasteiger partial charge in [-0.25, -0.2) is 0 Å². The van der Waals surface area contributed by atoms with Crippen LogP contribution in [-0.2, 0) is 6.42 Å². The maximum absolute atomic E-state index is 10.4. The van der Waals surface area contributed by atoms with Crippen LogP contribution in [0.15, 0.2) is 24.3 Å². The minimum Gasteiger partial charge on any atom is -0.315 e. The molecule has 0 unspecified atom stereocenters. The molecule has 0 amide bonds. The van der Waals surface area contributed by atoms with Crippen molar-refractivity contribution in [3.8, 4) is 12.3 Å². The maximum atomic E-state index is 10.4. The van der Waals surface area contributed by atoms with Gasteiger partial charge in [0.05, 0.1) is 4.92 Å². The summed E-state index contributed by atoms with van der Waals surface area (Å²) < 4.78 is 0. The van der Waals surface area contributed by atoms with E-state index in [1.54, 1.807) is 12.1 Å². The zero-order valence-electron chi connectivity index (χ0n) is 8.98. The molecule has 0 fully saturated rings. The summed E-state index contributed by atoms with van der Waals surface area (Å²) in [4.78, 5) is 10.0. The topological polar surface area (TPSA) is 55.2 Å². The van der Waals surface area contributed by atoms with Crippen molar-refractivity contribution < 1.29 is 4.92 Å². The quantitative estimate of drug-likeness (QED) is 0.342. The minimum absolute atomic E-state index is 0.129. The molecule has 0 aromatic heterocycles. The molecule has 0 saturated heterocycles. The lowest BCUT2D eigenvalue weighted by atomic mass is 10.1. The number of nitro groups is 1. The molecule has 1 aromatic rings. The first-order valence-electron chi connectivity index (χ1n) is 5.11. The maximum Gasteiger partial charge on any atom is 0.269 e. The van der Waals surface area contributed by atoms with Crippen LogP contribution >= 0.6 is 0 Å². The van der Waals surface area contributed by atoms with Crippen molar-refractivity contribution in [2.45, 2.75) is 12.8 Å². The van der Waals surface area contributed by atoms with Gasteiger partial charge in [0.1, 0.15) is 0 Å². The Hall–Kier alpha value is -1.86. The molecule has 1 rings (SSSR count). The largest absolute Gasteiger partial charge is 0.315 e. The molecule has 4 nitrogen and oxygen atoms in total. The van der Waals surface area contributed by atoms with Crippen molar-refractivity contribution in [3.63, 3.8) is 0 Å². The molecule has 0 bridgehead atoms. The average Bonchev–Trinajstić information content (AvgIpc) is 2.29. The lowest BCUT2D eigenvalue weighted by Gasteiger charge is -2.02. The lowest BCUT2D eigenvalue weighted by molar-refractivity contribution is -0.384. The van der Waals surface area contributed by atoms with E-state index in [4.69, 9.17) is 6.42 Å². The fourth-order valence-electron chi connectivity index (χ4n) is 1.30. The van der Waals surface area contributed by atoms with Crippen LogP contribution in [0.3, 0.4) is 0 Å². The first-order chi connectivity index (χ1) is 7.74. The highest BCUT2D eigenvalue weighted by atomic mass is 16.6. The van der Waals surface area contributed by atoms with E-state index < -0.39 is 4.92 Å². The first-order valence-corrected chi connectivity index (χ1v) is 5.11. The third-order valence-corrected chi connectivity index (χ3v) is 2.18. The summed E-state index contributed by atoms with van der Waals surface area (Å²) in [6.45, 7) is 1.64.